The minimum absolute atomic E-state index is 0.119. The third-order valence-corrected chi connectivity index (χ3v) is 6.73. The molecule has 46 heavy (non-hydrogen) atoms. The van der Waals surface area contributed by atoms with Crippen LogP contribution in [-0.4, -0.2) is 71.9 Å². The number of nitrogens with zero attached hydrogens (tertiary/aromatic N) is 7. The molecule has 0 fully saturated rings. The predicted molar refractivity (Wildman–Crippen MR) is 160 cm³/mol. The summed E-state index contributed by atoms with van der Waals surface area (Å²) < 4.78 is 17.6. The average molecular weight is 632 g/mol. The number of carboxylic acid groups (broad SMARTS) is 1. The highest BCUT2D eigenvalue weighted by Gasteiger charge is 2.20. The zero-order chi connectivity index (χ0) is 32.6. The van der Waals surface area contributed by atoms with Crippen LogP contribution in [0.5, 0.6) is 6.01 Å². The molecule has 0 radical (unpaired) electrons. The highest BCUT2D eigenvalue weighted by molar-refractivity contribution is 6.01. The van der Waals surface area contributed by atoms with Crippen LogP contribution in [0.4, 0.5) is 4.79 Å². The van der Waals surface area contributed by atoms with Crippen LogP contribution < -0.4 is 4.74 Å². The lowest BCUT2D eigenvalue weighted by Gasteiger charge is -2.12. The quantitative estimate of drug-likeness (QED) is 0.0762. The molecule has 5 aromatic rings. The van der Waals surface area contributed by atoms with Crippen molar-refractivity contribution < 1.29 is 38.8 Å². The third kappa shape index (κ3) is 7.18. The molecule has 16 nitrogen and oxygen atoms in total. The number of aromatic nitrogens is 6. The average Bonchev–Trinajstić information content (AvgIpc) is 3.67. The first-order chi connectivity index (χ1) is 22.2. The standard InChI is InChI=1S/C30H29N7O9/c1-3-43-29-31-25-11-6-10-24(28(38)39)26(25)35(29)18-20-12-14-21(15-13-20)22-8-4-5-9-23(22)27-32-34-36(33-27)19(2)46-30(40)44-16-7-17-45-37(41)42/h4-6,8-15,19H,3,7,16-18H2,1-2H3,(H,38,39). The Hall–Kier alpha value is -6.06. The Morgan fingerprint density at radius 3 is 2.50 bits per heavy atom. The van der Waals surface area contributed by atoms with Gasteiger partial charge >= 0.3 is 12.1 Å². The molecule has 0 spiro atoms. The van der Waals surface area contributed by atoms with Crippen molar-refractivity contribution in [3.8, 4) is 28.5 Å². The largest absolute Gasteiger partial charge is 0.510 e. The number of ether oxygens (including phenoxy) is 3. The summed E-state index contributed by atoms with van der Waals surface area (Å²) in [6.45, 7) is 3.74. The van der Waals surface area contributed by atoms with Crippen LogP contribution in [0.1, 0.15) is 42.4 Å². The van der Waals surface area contributed by atoms with Gasteiger partial charge in [0.05, 0.1) is 43.0 Å². The van der Waals surface area contributed by atoms with Gasteiger partial charge in [0, 0.05) is 12.0 Å². The first kappa shape index (κ1) is 31.4. The second kappa shape index (κ2) is 14.1. The molecular formula is C30H29N7O9. The van der Waals surface area contributed by atoms with Crippen molar-refractivity contribution in [1.29, 1.82) is 0 Å². The van der Waals surface area contributed by atoms with Gasteiger partial charge in [-0.2, -0.15) is 4.98 Å². The van der Waals surface area contributed by atoms with Gasteiger partial charge in [0.15, 0.2) is 0 Å². The number of carbonyl (C=O) groups is 2. The van der Waals surface area contributed by atoms with E-state index in [1.165, 1.54) is 6.92 Å². The van der Waals surface area contributed by atoms with E-state index in [4.69, 9.17) is 14.2 Å². The molecule has 0 saturated heterocycles. The third-order valence-electron chi connectivity index (χ3n) is 6.73. The van der Waals surface area contributed by atoms with Crippen LogP contribution in [0, 0.1) is 10.1 Å². The fourth-order valence-electron chi connectivity index (χ4n) is 4.69. The summed E-state index contributed by atoms with van der Waals surface area (Å²) in [4.78, 5) is 43.9. The normalized spacial score (nSPS) is 11.6. The number of para-hydroxylation sites is 1. The van der Waals surface area contributed by atoms with Gasteiger partial charge in [0.1, 0.15) is 0 Å². The summed E-state index contributed by atoms with van der Waals surface area (Å²) in [7, 11) is 0. The van der Waals surface area contributed by atoms with E-state index < -0.39 is 23.4 Å². The number of carbonyl (C=O) groups excluding carboxylic acids is 1. The molecule has 0 saturated carbocycles. The van der Waals surface area contributed by atoms with E-state index in [2.05, 4.69) is 25.2 Å². The van der Waals surface area contributed by atoms with E-state index in [-0.39, 0.29) is 25.2 Å². The van der Waals surface area contributed by atoms with Gasteiger partial charge in [-0.25, -0.2) is 9.59 Å². The molecule has 1 N–H and O–H groups in total. The zero-order valence-electron chi connectivity index (χ0n) is 24.8. The van der Waals surface area contributed by atoms with Gasteiger partial charge < -0.3 is 24.2 Å². The predicted octanol–water partition coefficient (Wildman–Crippen LogP) is 4.77. The molecule has 0 aliphatic heterocycles. The maximum atomic E-state index is 12.0. The summed E-state index contributed by atoms with van der Waals surface area (Å²) in [5.74, 6) is -0.751. The molecule has 2 aromatic heterocycles. The van der Waals surface area contributed by atoms with Crippen LogP contribution >= 0.6 is 0 Å². The zero-order valence-corrected chi connectivity index (χ0v) is 24.8. The molecule has 0 aliphatic rings. The number of imidazole rings is 1. The summed E-state index contributed by atoms with van der Waals surface area (Å²) in [5.41, 5.74) is 4.44. The fourth-order valence-corrected chi connectivity index (χ4v) is 4.69. The molecule has 16 heteroatoms. The van der Waals surface area contributed by atoms with Gasteiger partial charge in [-0.15, -0.1) is 25.1 Å². The van der Waals surface area contributed by atoms with E-state index in [1.54, 1.807) is 22.8 Å². The van der Waals surface area contributed by atoms with Crippen molar-refractivity contribution in [2.45, 2.75) is 33.0 Å². The van der Waals surface area contributed by atoms with Gasteiger partial charge in [0.25, 0.3) is 11.1 Å². The monoisotopic (exact) mass is 631 g/mol. The Labute approximate surface area is 261 Å². The lowest BCUT2D eigenvalue weighted by molar-refractivity contribution is -0.757. The summed E-state index contributed by atoms with van der Waals surface area (Å²) in [5, 5.41) is 31.6. The first-order valence-electron chi connectivity index (χ1n) is 14.2. The van der Waals surface area contributed by atoms with E-state index in [0.717, 1.165) is 21.5 Å². The molecule has 0 bridgehead atoms. The molecule has 0 aliphatic carbocycles. The lowest BCUT2D eigenvalue weighted by Crippen LogP contribution is -2.18. The van der Waals surface area contributed by atoms with Crippen molar-refractivity contribution in [3.63, 3.8) is 0 Å². The fraction of sp³-hybridized carbons (Fsp3) is 0.267. The molecule has 5 rings (SSSR count). The number of tetrazole rings is 1. The van der Waals surface area contributed by atoms with E-state index in [0.29, 0.717) is 41.6 Å². The maximum Gasteiger partial charge on any atom is 0.510 e. The number of benzene rings is 3. The van der Waals surface area contributed by atoms with Crippen LogP contribution in [-0.2, 0) is 20.9 Å². The molecule has 238 valence electrons. The Bertz CT molecular complexity index is 1850. The van der Waals surface area contributed by atoms with Crippen LogP contribution in [0.25, 0.3) is 33.5 Å². The summed E-state index contributed by atoms with van der Waals surface area (Å²) >= 11 is 0. The molecule has 0 amide bonds. The Kier molecular flexibility index (Phi) is 9.65. The highest BCUT2D eigenvalue weighted by atomic mass is 16.9. The smallest absolute Gasteiger partial charge is 0.478 e. The van der Waals surface area contributed by atoms with E-state index >= 15 is 0 Å². The minimum Gasteiger partial charge on any atom is -0.478 e. The molecule has 1 atom stereocenters. The van der Waals surface area contributed by atoms with Crippen molar-refractivity contribution >= 4 is 23.2 Å². The van der Waals surface area contributed by atoms with Gasteiger partial charge in [-0.3, -0.25) is 4.57 Å². The number of aromatic carboxylic acids is 1. The van der Waals surface area contributed by atoms with Gasteiger partial charge in [-0.1, -0.05) is 54.6 Å². The molecule has 3 aromatic carbocycles. The Morgan fingerprint density at radius 1 is 1.02 bits per heavy atom. The van der Waals surface area contributed by atoms with Gasteiger partial charge in [0.2, 0.25) is 12.1 Å². The van der Waals surface area contributed by atoms with Gasteiger partial charge in [-0.05, 0) is 47.9 Å². The van der Waals surface area contributed by atoms with Crippen molar-refractivity contribution in [2.24, 2.45) is 0 Å². The molecule has 1 unspecified atom stereocenters. The summed E-state index contributed by atoms with van der Waals surface area (Å²) in [6.07, 6.45) is -1.82. The second-order valence-electron chi connectivity index (χ2n) is 9.79. The second-order valence-corrected chi connectivity index (χ2v) is 9.79. The topological polar surface area (TPSA) is 196 Å². The lowest BCUT2D eigenvalue weighted by atomic mass is 9.98. The van der Waals surface area contributed by atoms with Crippen LogP contribution in [0.2, 0.25) is 0 Å². The SMILES string of the molecule is CCOc1nc2cccc(C(=O)O)c2n1Cc1ccc(-c2ccccc2-c2nnn(C(C)OC(=O)OCCCO[N+](=O)[O-])n2)cc1. The molecule has 2 heterocycles. The minimum atomic E-state index is -1.05. The van der Waals surface area contributed by atoms with Crippen LogP contribution in [0.15, 0.2) is 66.7 Å². The Balaban J connectivity index is 1.31. The van der Waals surface area contributed by atoms with Crippen molar-refractivity contribution in [3.05, 3.63) is 88.0 Å². The van der Waals surface area contributed by atoms with Crippen LogP contribution in [0.3, 0.4) is 0 Å². The number of rotatable bonds is 14. The first-order valence-corrected chi connectivity index (χ1v) is 14.2. The Morgan fingerprint density at radius 2 is 1.78 bits per heavy atom. The summed E-state index contributed by atoms with van der Waals surface area (Å²) in [6, 6.07) is 20.5. The van der Waals surface area contributed by atoms with Crippen molar-refractivity contribution in [1.82, 2.24) is 29.8 Å². The highest BCUT2D eigenvalue weighted by Crippen LogP contribution is 2.31. The molecular weight excluding hydrogens is 602 g/mol. The van der Waals surface area contributed by atoms with Crippen molar-refractivity contribution in [2.75, 3.05) is 19.8 Å². The number of hydrogen-bond acceptors (Lipinski definition) is 12. The number of hydrogen-bond donors (Lipinski definition) is 1. The maximum absolute atomic E-state index is 12.0. The number of carboxylic acids is 1. The van der Waals surface area contributed by atoms with E-state index in [9.17, 15) is 24.8 Å². The number of fused-ring (bicyclic) bond motifs is 1. The van der Waals surface area contributed by atoms with E-state index in [1.807, 2.05) is 55.5 Å².